The maximum absolute atomic E-state index is 12.7. The molecule has 1 amide bonds. The molecule has 1 aliphatic heterocycles. The smallest absolute Gasteiger partial charge is 0.220 e. The molecule has 0 radical (unpaired) electrons. The highest BCUT2D eigenvalue weighted by Gasteiger charge is 2.22. The summed E-state index contributed by atoms with van der Waals surface area (Å²) < 4.78 is 18.2. The Labute approximate surface area is 137 Å². The van der Waals surface area contributed by atoms with Crippen molar-refractivity contribution in [1.29, 1.82) is 0 Å². The van der Waals surface area contributed by atoms with E-state index in [9.17, 15) is 9.18 Å². The third-order valence-electron chi connectivity index (χ3n) is 3.80. The van der Waals surface area contributed by atoms with E-state index in [0.29, 0.717) is 31.1 Å². The molecule has 6 heteroatoms. The van der Waals surface area contributed by atoms with Gasteiger partial charge in [0, 0.05) is 19.0 Å². The van der Waals surface area contributed by atoms with Crippen molar-refractivity contribution < 1.29 is 13.9 Å². The summed E-state index contributed by atoms with van der Waals surface area (Å²) in [6.45, 7) is 4.50. The highest BCUT2D eigenvalue weighted by atomic mass is 35.5. The Morgan fingerprint density at radius 1 is 1.41 bits per heavy atom. The summed E-state index contributed by atoms with van der Waals surface area (Å²) in [7, 11) is 0. The number of carbonyl (C=O) groups is 1. The summed E-state index contributed by atoms with van der Waals surface area (Å²) in [5.41, 5.74) is 0. The van der Waals surface area contributed by atoms with Gasteiger partial charge in [-0.1, -0.05) is 6.92 Å². The minimum Gasteiger partial charge on any atom is -0.494 e. The molecule has 0 aromatic heterocycles. The lowest BCUT2D eigenvalue weighted by Gasteiger charge is -2.30. The van der Waals surface area contributed by atoms with E-state index >= 15 is 0 Å². The second-order valence-electron chi connectivity index (χ2n) is 5.55. The fraction of sp³-hybridized carbons (Fsp3) is 0.562. The molecule has 124 valence electrons. The average Bonchev–Trinajstić information content (AvgIpc) is 2.48. The van der Waals surface area contributed by atoms with Crippen LogP contribution in [0.3, 0.4) is 0 Å². The number of hydrogen-bond donors (Lipinski definition) is 2. The largest absolute Gasteiger partial charge is 0.494 e. The van der Waals surface area contributed by atoms with Crippen molar-refractivity contribution >= 4 is 18.3 Å². The fourth-order valence-corrected chi connectivity index (χ4v) is 2.42. The highest BCUT2D eigenvalue weighted by Crippen LogP contribution is 2.13. The molecule has 0 saturated carbocycles. The molecule has 1 aliphatic rings. The lowest BCUT2D eigenvalue weighted by atomic mass is 9.95. The van der Waals surface area contributed by atoms with E-state index in [0.717, 1.165) is 19.5 Å². The number of piperidine rings is 1. The maximum Gasteiger partial charge on any atom is 0.220 e. The van der Waals surface area contributed by atoms with Gasteiger partial charge in [0.05, 0.1) is 6.61 Å². The molecule has 1 heterocycles. The van der Waals surface area contributed by atoms with Crippen LogP contribution in [0.4, 0.5) is 4.39 Å². The van der Waals surface area contributed by atoms with Crippen LogP contribution >= 0.6 is 12.4 Å². The summed E-state index contributed by atoms with van der Waals surface area (Å²) >= 11 is 0. The number of nitrogens with one attached hydrogen (secondary N) is 2. The number of ether oxygens (including phenoxy) is 1. The molecule has 2 rings (SSSR count). The Balaban J connectivity index is 0.00000242. The maximum atomic E-state index is 12.7. The molecule has 22 heavy (non-hydrogen) atoms. The van der Waals surface area contributed by atoms with Crippen molar-refractivity contribution in [2.75, 3.05) is 19.7 Å². The average molecular weight is 331 g/mol. The summed E-state index contributed by atoms with van der Waals surface area (Å²) in [6, 6.07) is 6.12. The third kappa shape index (κ3) is 6.20. The van der Waals surface area contributed by atoms with Crippen molar-refractivity contribution in [2.45, 2.75) is 32.2 Å². The van der Waals surface area contributed by atoms with Gasteiger partial charge in [-0.2, -0.15) is 0 Å². The zero-order valence-corrected chi connectivity index (χ0v) is 13.6. The van der Waals surface area contributed by atoms with Crippen LogP contribution in [0, 0.1) is 11.7 Å². The van der Waals surface area contributed by atoms with Crippen molar-refractivity contribution in [3.63, 3.8) is 0 Å². The molecule has 2 unspecified atom stereocenters. The monoisotopic (exact) mass is 330 g/mol. The molecule has 0 spiro atoms. The lowest BCUT2D eigenvalue weighted by molar-refractivity contribution is -0.122. The van der Waals surface area contributed by atoms with Gasteiger partial charge in [0.15, 0.2) is 0 Å². The topological polar surface area (TPSA) is 50.4 Å². The molecule has 1 aromatic carbocycles. The first-order valence-corrected chi connectivity index (χ1v) is 7.53. The molecule has 2 N–H and O–H groups in total. The molecular formula is C16H24ClFN2O2. The number of rotatable bonds is 6. The van der Waals surface area contributed by atoms with Crippen LogP contribution in [0.1, 0.15) is 26.2 Å². The van der Waals surface area contributed by atoms with E-state index in [4.69, 9.17) is 4.74 Å². The van der Waals surface area contributed by atoms with Crippen LogP contribution in [0.5, 0.6) is 5.75 Å². The van der Waals surface area contributed by atoms with Gasteiger partial charge in [-0.25, -0.2) is 4.39 Å². The zero-order valence-electron chi connectivity index (χ0n) is 12.8. The van der Waals surface area contributed by atoms with Gasteiger partial charge >= 0.3 is 0 Å². The molecule has 0 aliphatic carbocycles. The predicted molar refractivity (Wildman–Crippen MR) is 87.0 cm³/mol. The van der Waals surface area contributed by atoms with Gasteiger partial charge in [0.2, 0.25) is 5.91 Å². The van der Waals surface area contributed by atoms with Crippen LogP contribution in [-0.2, 0) is 4.79 Å². The minimum absolute atomic E-state index is 0. The van der Waals surface area contributed by atoms with Gasteiger partial charge in [-0.3, -0.25) is 4.79 Å². The molecule has 1 fully saturated rings. The summed E-state index contributed by atoms with van der Waals surface area (Å²) in [6.07, 6.45) is 2.20. The standard InChI is InChI=1S/C16H23FN2O2.ClH/c1-12-8-9-18-11-15(12)19-16(20)3-2-10-21-14-6-4-13(17)5-7-14;/h4-7,12,15,18H,2-3,8-11H2,1H3,(H,19,20);1H. The summed E-state index contributed by atoms with van der Waals surface area (Å²) in [5.74, 6) is 0.933. The molecule has 0 bridgehead atoms. The normalized spacial score (nSPS) is 20.8. The zero-order chi connectivity index (χ0) is 15.1. The Morgan fingerprint density at radius 3 is 2.82 bits per heavy atom. The van der Waals surface area contributed by atoms with Crippen LogP contribution in [0.25, 0.3) is 0 Å². The Kier molecular flexibility index (Phi) is 8.20. The Hall–Kier alpha value is -1.33. The number of carbonyl (C=O) groups excluding carboxylic acids is 1. The number of halogens is 2. The number of benzene rings is 1. The van der Waals surface area contributed by atoms with E-state index in [1.165, 1.54) is 12.1 Å². The van der Waals surface area contributed by atoms with E-state index in [2.05, 4.69) is 17.6 Å². The van der Waals surface area contributed by atoms with Crippen LogP contribution < -0.4 is 15.4 Å². The van der Waals surface area contributed by atoms with Gasteiger partial charge in [0.25, 0.3) is 0 Å². The molecule has 2 atom stereocenters. The van der Waals surface area contributed by atoms with Gasteiger partial charge in [-0.05, 0) is 49.6 Å². The van der Waals surface area contributed by atoms with E-state index in [-0.39, 0.29) is 30.2 Å². The SMILES string of the molecule is CC1CCNCC1NC(=O)CCCOc1ccc(F)cc1.Cl. The van der Waals surface area contributed by atoms with Crippen LogP contribution in [0.15, 0.2) is 24.3 Å². The second-order valence-corrected chi connectivity index (χ2v) is 5.55. The highest BCUT2D eigenvalue weighted by molar-refractivity contribution is 5.85. The predicted octanol–water partition coefficient (Wildman–Crippen LogP) is 2.52. The van der Waals surface area contributed by atoms with Crippen molar-refractivity contribution in [3.05, 3.63) is 30.1 Å². The molecule has 4 nitrogen and oxygen atoms in total. The van der Waals surface area contributed by atoms with Gasteiger partial charge in [0.1, 0.15) is 11.6 Å². The second kappa shape index (κ2) is 9.64. The van der Waals surface area contributed by atoms with Crippen molar-refractivity contribution in [1.82, 2.24) is 10.6 Å². The fourth-order valence-electron chi connectivity index (χ4n) is 2.42. The first-order chi connectivity index (χ1) is 10.1. The van der Waals surface area contributed by atoms with E-state index in [1.807, 2.05) is 0 Å². The number of hydrogen-bond acceptors (Lipinski definition) is 3. The molecule has 1 aromatic rings. The first-order valence-electron chi connectivity index (χ1n) is 7.53. The van der Waals surface area contributed by atoms with Crippen LogP contribution in [0.2, 0.25) is 0 Å². The molecular weight excluding hydrogens is 307 g/mol. The van der Waals surface area contributed by atoms with Crippen molar-refractivity contribution in [3.8, 4) is 5.75 Å². The van der Waals surface area contributed by atoms with Crippen molar-refractivity contribution in [2.24, 2.45) is 5.92 Å². The lowest BCUT2D eigenvalue weighted by Crippen LogP contribution is -2.50. The van der Waals surface area contributed by atoms with Gasteiger partial charge in [-0.15, -0.1) is 12.4 Å². The number of amides is 1. The van der Waals surface area contributed by atoms with Crippen LogP contribution in [-0.4, -0.2) is 31.6 Å². The third-order valence-corrected chi connectivity index (χ3v) is 3.80. The Morgan fingerprint density at radius 2 is 2.14 bits per heavy atom. The minimum atomic E-state index is -0.281. The quantitative estimate of drug-likeness (QED) is 0.788. The van der Waals surface area contributed by atoms with E-state index < -0.39 is 0 Å². The summed E-state index contributed by atoms with van der Waals surface area (Å²) in [5, 5.41) is 6.36. The Bertz CT molecular complexity index is 456. The van der Waals surface area contributed by atoms with E-state index in [1.54, 1.807) is 12.1 Å². The van der Waals surface area contributed by atoms with Gasteiger partial charge < -0.3 is 15.4 Å². The molecule has 1 saturated heterocycles. The first kappa shape index (κ1) is 18.7. The summed E-state index contributed by atoms with van der Waals surface area (Å²) in [4.78, 5) is 11.9.